The molecule has 7 heteroatoms. The van der Waals surface area contributed by atoms with Crippen molar-refractivity contribution in [1.29, 1.82) is 0 Å². The van der Waals surface area contributed by atoms with Crippen LogP contribution in [0, 0.1) is 0 Å². The quantitative estimate of drug-likeness (QED) is 0.801. The van der Waals surface area contributed by atoms with Crippen molar-refractivity contribution in [3.63, 3.8) is 0 Å². The largest absolute Gasteiger partial charge is 0.396 e. The average Bonchev–Trinajstić information content (AvgIpc) is 2.73. The highest BCUT2D eigenvalue weighted by Gasteiger charge is 2.20. The van der Waals surface area contributed by atoms with E-state index >= 15 is 0 Å². The highest BCUT2D eigenvalue weighted by molar-refractivity contribution is 7.99. The van der Waals surface area contributed by atoms with Crippen LogP contribution in [0.2, 0.25) is 0 Å². The Kier molecular flexibility index (Phi) is 5.85. The van der Waals surface area contributed by atoms with E-state index in [1.165, 1.54) is 11.8 Å². The van der Waals surface area contributed by atoms with Crippen molar-refractivity contribution in [2.45, 2.75) is 50.9 Å². The van der Waals surface area contributed by atoms with E-state index in [4.69, 9.17) is 5.11 Å². The SMILES string of the molecule is CCn1c(CN2CCCCCC2=O)nnc1SCCO. The Labute approximate surface area is 123 Å². The Morgan fingerprint density at radius 1 is 1.30 bits per heavy atom. The molecule has 1 N–H and O–H groups in total. The standard InChI is InChI=1S/C13H22N4O2S/c1-2-17-11(14-15-13(17)20-9-8-18)10-16-7-5-3-4-6-12(16)19/h18H,2-10H2,1H3. The van der Waals surface area contributed by atoms with E-state index in [0.717, 1.165) is 43.3 Å². The molecule has 0 atom stereocenters. The third-order valence-electron chi connectivity index (χ3n) is 3.44. The molecule has 1 aromatic heterocycles. The summed E-state index contributed by atoms with van der Waals surface area (Å²) in [6.07, 6.45) is 3.83. The van der Waals surface area contributed by atoms with E-state index in [1.54, 1.807) is 0 Å². The van der Waals surface area contributed by atoms with Gasteiger partial charge in [0.05, 0.1) is 13.2 Å². The van der Waals surface area contributed by atoms with Gasteiger partial charge in [0.25, 0.3) is 0 Å². The predicted molar refractivity (Wildman–Crippen MR) is 77.4 cm³/mol. The van der Waals surface area contributed by atoms with Crippen LogP contribution in [-0.2, 0) is 17.9 Å². The van der Waals surface area contributed by atoms with Crippen LogP contribution in [0.4, 0.5) is 0 Å². The summed E-state index contributed by atoms with van der Waals surface area (Å²) < 4.78 is 2.03. The molecule has 112 valence electrons. The van der Waals surface area contributed by atoms with Crippen molar-refractivity contribution in [2.75, 3.05) is 18.9 Å². The van der Waals surface area contributed by atoms with Gasteiger partial charge in [-0.3, -0.25) is 4.79 Å². The number of likely N-dealkylation sites (tertiary alicyclic amines) is 1. The van der Waals surface area contributed by atoms with Gasteiger partial charge in [0, 0.05) is 25.3 Å². The summed E-state index contributed by atoms with van der Waals surface area (Å²) in [6, 6.07) is 0. The maximum Gasteiger partial charge on any atom is 0.222 e. The number of amides is 1. The Morgan fingerprint density at radius 3 is 2.90 bits per heavy atom. The number of aromatic nitrogens is 3. The number of hydrogen-bond donors (Lipinski definition) is 1. The summed E-state index contributed by atoms with van der Waals surface area (Å²) in [5.41, 5.74) is 0. The fraction of sp³-hybridized carbons (Fsp3) is 0.769. The van der Waals surface area contributed by atoms with Gasteiger partial charge in [-0.1, -0.05) is 18.2 Å². The van der Waals surface area contributed by atoms with E-state index in [9.17, 15) is 4.79 Å². The first-order chi connectivity index (χ1) is 9.76. The zero-order valence-electron chi connectivity index (χ0n) is 11.9. The molecule has 1 fully saturated rings. The van der Waals surface area contributed by atoms with E-state index in [2.05, 4.69) is 10.2 Å². The number of aliphatic hydroxyl groups excluding tert-OH is 1. The number of carbonyl (C=O) groups excluding carboxylic acids is 1. The normalized spacial score (nSPS) is 16.5. The number of thioether (sulfide) groups is 1. The molecule has 2 heterocycles. The minimum atomic E-state index is 0.126. The van der Waals surface area contributed by atoms with E-state index in [1.807, 2.05) is 16.4 Å². The molecule has 1 saturated heterocycles. The van der Waals surface area contributed by atoms with Crippen LogP contribution in [0.3, 0.4) is 0 Å². The van der Waals surface area contributed by atoms with Crippen LogP contribution in [-0.4, -0.2) is 49.6 Å². The Bertz CT molecular complexity index is 450. The van der Waals surface area contributed by atoms with Crippen LogP contribution in [0.5, 0.6) is 0 Å². The van der Waals surface area contributed by atoms with Crippen molar-refractivity contribution in [3.8, 4) is 0 Å². The molecular weight excluding hydrogens is 276 g/mol. The van der Waals surface area contributed by atoms with Gasteiger partial charge in [0.2, 0.25) is 5.91 Å². The third-order valence-corrected chi connectivity index (χ3v) is 4.38. The Balaban J connectivity index is 2.07. The van der Waals surface area contributed by atoms with Crippen LogP contribution in [0.25, 0.3) is 0 Å². The van der Waals surface area contributed by atoms with Gasteiger partial charge in [-0.15, -0.1) is 10.2 Å². The predicted octanol–water partition coefficient (Wildman–Crippen LogP) is 1.28. The van der Waals surface area contributed by atoms with Crippen LogP contribution in [0.1, 0.15) is 38.4 Å². The molecule has 1 amide bonds. The molecule has 0 bridgehead atoms. The number of rotatable bonds is 6. The summed E-state index contributed by atoms with van der Waals surface area (Å²) in [6.45, 7) is 4.30. The number of nitrogens with zero attached hydrogens (tertiary/aromatic N) is 4. The van der Waals surface area contributed by atoms with Crippen molar-refractivity contribution in [3.05, 3.63) is 5.82 Å². The summed E-state index contributed by atoms with van der Waals surface area (Å²) in [7, 11) is 0. The molecule has 1 aromatic rings. The van der Waals surface area contributed by atoms with Gasteiger partial charge in [0.1, 0.15) is 0 Å². The second-order valence-electron chi connectivity index (χ2n) is 4.84. The topological polar surface area (TPSA) is 71.2 Å². The maximum atomic E-state index is 12.0. The van der Waals surface area contributed by atoms with Crippen molar-refractivity contribution < 1.29 is 9.90 Å². The number of hydrogen-bond acceptors (Lipinski definition) is 5. The summed E-state index contributed by atoms with van der Waals surface area (Å²) in [4.78, 5) is 13.9. The van der Waals surface area contributed by atoms with Crippen molar-refractivity contribution >= 4 is 17.7 Å². The van der Waals surface area contributed by atoms with E-state index in [0.29, 0.717) is 18.7 Å². The lowest BCUT2D eigenvalue weighted by Crippen LogP contribution is -2.31. The molecular formula is C13H22N4O2S. The smallest absolute Gasteiger partial charge is 0.222 e. The molecule has 1 aliphatic rings. The third kappa shape index (κ3) is 3.73. The second kappa shape index (κ2) is 7.64. The van der Waals surface area contributed by atoms with Gasteiger partial charge in [-0.05, 0) is 19.8 Å². The van der Waals surface area contributed by atoms with Gasteiger partial charge >= 0.3 is 0 Å². The molecule has 20 heavy (non-hydrogen) atoms. The summed E-state index contributed by atoms with van der Waals surface area (Å²) >= 11 is 1.50. The molecule has 1 aliphatic heterocycles. The molecule has 0 spiro atoms. The molecule has 0 unspecified atom stereocenters. The van der Waals surface area contributed by atoms with Gasteiger partial charge < -0.3 is 14.6 Å². The van der Waals surface area contributed by atoms with E-state index < -0.39 is 0 Å². The Morgan fingerprint density at radius 2 is 2.15 bits per heavy atom. The minimum Gasteiger partial charge on any atom is -0.396 e. The molecule has 0 radical (unpaired) electrons. The average molecular weight is 298 g/mol. The van der Waals surface area contributed by atoms with Crippen molar-refractivity contribution in [1.82, 2.24) is 19.7 Å². The maximum absolute atomic E-state index is 12.0. The Hall–Kier alpha value is -1.08. The number of aliphatic hydroxyl groups is 1. The zero-order valence-corrected chi connectivity index (χ0v) is 12.7. The summed E-state index contributed by atoms with van der Waals surface area (Å²) in [5.74, 6) is 1.67. The van der Waals surface area contributed by atoms with Gasteiger partial charge in [-0.2, -0.15) is 0 Å². The number of carbonyl (C=O) groups is 1. The fourth-order valence-corrected chi connectivity index (χ4v) is 3.14. The van der Waals surface area contributed by atoms with Gasteiger partial charge in [0.15, 0.2) is 11.0 Å². The lowest BCUT2D eigenvalue weighted by molar-refractivity contribution is -0.131. The molecule has 0 aromatic carbocycles. The summed E-state index contributed by atoms with van der Waals surface area (Å²) in [5, 5.41) is 18.1. The minimum absolute atomic E-state index is 0.126. The molecule has 6 nitrogen and oxygen atoms in total. The second-order valence-corrected chi connectivity index (χ2v) is 5.90. The highest BCUT2D eigenvalue weighted by Crippen LogP contribution is 2.19. The monoisotopic (exact) mass is 298 g/mol. The van der Waals surface area contributed by atoms with Crippen LogP contribution >= 0.6 is 11.8 Å². The first-order valence-corrected chi connectivity index (χ1v) is 8.18. The van der Waals surface area contributed by atoms with Crippen LogP contribution < -0.4 is 0 Å². The molecule has 2 rings (SSSR count). The molecule has 0 aliphatic carbocycles. The van der Waals surface area contributed by atoms with Crippen molar-refractivity contribution in [2.24, 2.45) is 0 Å². The first kappa shape index (κ1) is 15.3. The van der Waals surface area contributed by atoms with E-state index in [-0.39, 0.29) is 12.5 Å². The lowest BCUT2D eigenvalue weighted by Gasteiger charge is -2.20. The fourth-order valence-electron chi connectivity index (χ4n) is 2.37. The first-order valence-electron chi connectivity index (χ1n) is 7.19. The molecule has 0 saturated carbocycles. The van der Waals surface area contributed by atoms with Gasteiger partial charge in [-0.25, -0.2) is 0 Å². The zero-order chi connectivity index (χ0) is 14.4. The lowest BCUT2D eigenvalue weighted by atomic mass is 10.2. The van der Waals surface area contributed by atoms with Crippen LogP contribution in [0.15, 0.2) is 5.16 Å². The highest BCUT2D eigenvalue weighted by atomic mass is 32.2.